The number of alkyl halides is 1. The minimum Gasteiger partial charge on any atom is -0.366 e. The molecule has 2 N–H and O–H groups in total. The smallest absolute Gasteiger partial charge is 0.272 e. The summed E-state index contributed by atoms with van der Waals surface area (Å²) in [6, 6.07) is 4.77. The predicted octanol–water partition coefficient (Wildman–Crippen LogP) is 1.37. The van der Waals surface area contributed by atoms with Crippen LogP contribution in [0.2, 0.25) is 0 Å². The lowest BCUT2D eigenvalue weighted by Crippen LogP contribution is -2.31. The van der Waals surface area contributed by atoms with Gasteiger partial charge >= 0.3 is 0 Å². The van der Waals surface area contributed by atoms with Crippen molar-refractivity contribution >= 4 is 15.9 Å². The number of amides is 1. The lowest BCUT2D eigenvalue weighted by Gasteiger charge is -2.16. The zero-order chi connectivity index (χ0) is 13.9. The molecule has 0 aliphatic carbocycles. The molecule has 0 fully saturated rings. The van der Waals surface area contributed by atoms with Gasteiger partial charge in [-0.25, -0.2) is 12.8 Å². The third-order valence-corrected chi connectivity index (χ3v) is 3.82. The van der Waals surface area contributed by atoms with E-state index in [4.69, 9.17) is 5.73 Å². The summed E-state index contributed by atoms with van der Waals surface area (Å²) in [5, 5.41) is 0. The van der Waals surface area contributed by atoms with Crippen molar-refractivity contribution in [1.29, 1.82) is 0 Å². The molecule has 1 amide bonds. The Hall–Kier alpha value is -1.54. The van der Waals surface area contributed by atoms with Crippen molar-refractivity contribution in [3.8, 4) is 0 Å². The molecule has 1 aromatic carbocycles. The number of nitrogens with zero attached hydrogens (tertiary/aromatic N) is 1. The van der Waals surface area contributed by atoms with Crippen LogP contribution in [0.5, 0.6) is 0 Å². The summed E-state index contributed by atoms with van der Waals surface area (Å²) in [5.41, 5.74) is 4.60. The molecule has 1 rings (SSSR count). The minimum absolute atomic E-state index is 0.353. The number of carbonyl (C=O) groups is 1. The van der Waals surface area contributed by atoms with E-state index in [9.17, 15) is 22.1 Å². The van der Waals surface area contributed by atoms with Crippen LogP contribution in [0.3, 0.4) is 0 Å². The Labute approximate surface area is 103 Å². The molecule has 100 valence electrons. The van der Waals surface area contributed by atoms with Crippen molar-refractivity contribution in [3.05, 3.63) is 29.8 Å². The highest BCUT2D eigenvalue weighted by molar-refractivity contribution is 7.89. The molecule has 0 bridgehead atoms. The average molecular weight is 278 g/mol. The second kappa shape index (κ2) is 5.40. The Morgan fingerprint density at radius 3 is 2.50 bits per heavy atom. The monoisotopic (exact) mass is 278 g/mol. The van der Waals surface area contributed by atoms with E-state index < -0.39 is 31.6 Å². The first-order valence-corrected chi connectivity index (χ1v) is 6.49. The van der Waals surface area contributed by atoms with Crippen LogP contribution in [0.1, 0.15) is 23.7 Å². The fraction of sp³-hybridized carbons (Fsp3) is 0.300. The van der Waals surface area contributed by atoms with Crippen molar-refractivity contribution in [2.75, 3.05) is 0 Å². The molecule has 5 nitrogen and oxygen atoms in total. The van der Waals surface area contributed by atoms with E-state index in [0.717, 1.165) is 12.1 Å². The average Bonchev–Trinajstić information content (AvgIpc) is 2.36. The second-order valence-electron chi connectivity index (χ2n) is 3.45. The van der Waals surface area contributed by atoms with Crippen LogP contribution in [-0.4, -0.2) is 25.1 Å². The number of benzene rings is 1. The number of hydrogen-bond donors (Lipinski definition) is 1. The van der Waals surface area contributed by atoms with Crippen LogP contribution in [0, 0.1) is 0 Å². The minimum atomic E-state index is -4.74. The van der Waals surface area contributed by atoms with Crippen LogP contribution < -0.4 is 5.73 Å². The van der Waals surface area contributed by atoms with E-state index in [2.05, 4.69) is 0 Å². The lowest BCUT2D eigenvalue weighted by atomic mass is 10.2. The van der Waals surface area contributed by atoms with Gasteiger partial charge in [0.2, 0.25) is 5.91 Å². The Morgan fingerprint density at radius 1 is 1.44 bits per heavy atom. The lowest BCUT2D eigenvalue weighted by molar-refractivity contribution is 0.00728. The van der Waals surface area contributed by atoms with Crippen molar-refractivity contribution in [2.24, 2.45) is 5.73 Å². The van der Waals surface area contributed by atoms with E-state index in [1.54, 1.807) is 0 Å². The van der Waals surface area contributed by atoms with E-state index in [1.165, 1.54) is 19.1 Å². The molecule has 0 aliphatic heterocycles. The van der Waals surface area contributed by atoms with Crippen LogP contribution in [0.25, 0.3) is 0 Å². The van der Waals surface area contributed by atoms with Gasteiger partial charge in [0.1, 0.15) is 0 Å². The van der Waals surface area contributed by atoms with E-state index in [1.807, 2.05) is 0 Å². The third kappa shape index (κ3) is 2.65. The summed E-state index contributed by atoms with van der Waals surface area (Å²) in [4.78, 5) is 10.4. The predicted molar refractivity (Wildman–Crippen MR) is 60.3 cm³/mol. The van der Waals surface area contributed by atoms with Crippen LogP contribution in [0.4, 0.5) is 8.87 Å². The molecular formula is C10H12F2N2O3S. The first-order chi connectivity index (χ1) is 8.32. The quantitative estimate of drug-likeness (QED) is 0.652. The third-order valence-electron chi connectivity index (χ3n) is 2.22. The highest BCUT2D eigenvalue weighted by Crippen LogP contribution is 2.23. The van der Waals surface area contributed by atoms with Crippen molar-refractivity contribution in [3.63, 3.8) is 0 Å². The first kappa shape index (κ1) is 14.5. The summed E-state index contributed by atoms with van der Waals surface area (Å²) >= 11 is 0. The van der Waals surface area contributed by atoms with Crippen molar-refractivity contribution in [1.82, 2.24) is 4.53 Å². The van der Waals surface area contributed by atoms with E-state index in [0.29, 0.717) is 0 Å². The van der Waals surface area contributed by atoms with Crippen LogP contribution in [-0.2, 0) is 10.0 Å². The van der Waals surface area contributed by atoms with Gasteiger partial charge in [0.15, 0.2) is 6.30 Å². The number of rotatable bonds is 5. The van der Waals surface area contributed by atoms with Gasteiger partial charge in [0.05, 0.1) is 10.5 Å². The second-order valence-corrected chi connectivity index (χ2v) is 5.19. The van der Waals surface area contributed by atoms with Gasteiger partial charge in [-0.2, -0.15) is 0 Å². The van der Waals surface area contributed by atoms with Gasteiger partial charge < -0.3 is 5.73 Å². The normalized spacial score (nSPS) is 13.6. The van der Waals surface area contributed by atoms with Crippen LogP contribution >= 0.6 is 0 Å². The molecule has 0 saturated heterocycles. The summed E-state index contributed by atoms with van der Waals surface area (Å²) in [6.45, 7) is 1.28. The van der Waals surface area contributed by atoms with Crippen molar-refractivity contribution in [2.45, 2.75) is 24.5 Å². The molecule has 18 heavy (non-hydrogen) atoms. The molecule has 0 saturated carbocycles. The number of halogens is 2. The standard InChI is InChI=1S/C10H12F2N2O3S/c1-2-9(11)14(12)18(16,17)8-6-4-3-5-7(8)10(13)15/h3-6,9H,2H2,1H3,(H2,13,15). The Kier molecular flexibility index (Phi) is 4.36. The molecule has 1 atom stereocenters. The summed E-state index contributed by atoms with van der Waals surface area (Å²) in [7, 11) is -4.74. The van der Waals surface area contributed by atoms with Gasteiger partial charge in [-0.05, 0) is 18.6 Å². The molecule has 0 heterocycles. The molecule has 1 unspecified atom stereocenters. The summed E-state index contributed by atoms with van der Waals surface area (Å²) in [6.07, 6.45) is -2.66. The van der Waals surface area contributed by atoms with Gasteiger partial charge in [0, 0.05) is 4.53 Å². The molecular weight excluding hydrogens is 266 g/mol. The fourth-order valence-electron chi connectivity index (χ4n) is 1.28. The Morgan fingerprint density at radius 2 is 2.00 bits per heavy atom. The Balaban J connectivity index is 3.33. The first-order valence-electron chi connectivity index (χ1n) is 5.05. The molecule has 1 aromatic rings. The van der Waals surface area contributed by atoms with Gasteiger partial charge in [0.25, 0.3) is 10.0 Å². The molecule has 0 spiro atoms. The highest BCUT2D eigenvalue weighted by atomic mass is 32.2. The zero-order valence-corrected chi connectivity index (χ0v) is 10.3. The maximum absolute atomic E-state index is 13.4. The van der Waals surface area contributed by atoms with Gasteiger partial charge in [-0.15, -0.1) is 4.48 Å². The Bertz CT molecular complexity index is 548. The van der Waals surface area contributed by atoms with E-state index in [-0.39, 0.29) is 12.0 Å². The summed E-state index contributed by atoms with van der Waals surface area (Å²) in [5.74, 6) is -1.03. The zero-order valence-electron chi connectivity index (χ0n) is 9.51. The SMILES string of the molecule is CCC(F)N(F)S(=O)(=O)c1ccccc1C(N)=O. The maximum atomic E-state index is 13.4. The van der Waals surface area contributed by atoms with Gasteiger partial charge in [-0.1, -0.05) is 19.1 Å². The fourth-order valence-corrected chi connectivity index (χ4v) is 2.62. The molecule has 0 aliphatic rings. The highest BCUT2D eigenvalue weighted by Gasteiger charge is 2.33. The van der Waals surface area contributed by atoms with E-state index >= 15 is 0 Å². The van der Waals surface area contributed by atoms with Crippen molar-refractivity contribution < 1.29 is 22.1 Å². The number of sulfonamides is 1. The number of primary amides is 1. The number of hydrogen-bond acceptors (Lipinski definition) is 3. The number of carbonyl (C=O) groups excluding carboxylic acids is 1. The molecule has 0 aromatic heterocycles. The number of nitrogens with two attached hydrogens (primary N) is 1. The van der Waals surface area contributed by atoms with Gasteiger partial charge in [-0.3, -0.25) is 4.79 Å². The molecule has 8 heteroatoms. The largest absolute Gasteiger partial charge is 0.366 e. The summed E-state index contributed by atoms with van der Waals surface area (Å²) < 4.78 is 49.1. The van der Waals surface area contributed by atoms with Crippen LogP contribution in [0.15, 0.2) is 29.2 Å². The topological polar surface area (TPSA) is 80.5 Å². The molecule has 0 radical (unpaired) electrons. The maximum Gasteiger partial charge on any atom is 0.272 e.